The Morgan fingerprint density at radius 1 is 1.25 bits per heavy atom. The minimum Gasteiger partial charge on any atom is -0.486 e. The number of aliphatic imine (C=N–C) groups is 1. The van der Waals surface area contributed by atoms with E-state index in [9.17, 15) is 0 Å². The highest BCUT2D eigenvalue weighted by molar-refractivity contribution is 6.32. The van der Waals surface area contributed by atoms with Crippen molar-refractivity contribution in [2.75, 3.05) is 46.4 Å². The van der Waals surface area contributed by atoms with E-state index < -0.39 is 0 Å². The molecule has 0 amide bonds. The number of nitrogens with zero attached hydrogens (tertiary/aromatic N) is 2. The maximum atomic E-state index is 6.31. The number of benzene rings is 1. The zero-order valence-corrected chi connectivity index (χ0v) is 18.4. The van der Waals surface area contributed by atoms with Gasteiger partial charge in [0, 0.05) is 19.6 Å². The topological polar surface area (TPSA) is 58.1 Å². The first-order valence-corrected chi connectivity index (χ1v) is 10.7. The van der Waals surface area contributed by atoms with Crippen molar-refractivity contribution in [1.82, 2.24) is 15.5 Å². The molecule has 1 atom stereocenters. The van der Waals surface area contributed by atoms with Crippen molar-refractivity contribution in [2.24, 2.45) is 4.99 Å². The Morgan fingerprint density at radius 3 is 2.71 bits per heavy atom. The van der Waals surface area contributed by atoms with Crippen molar-refractivity contribution in [3.05, 3.63) is 22.7 Å². The quantitative estimate of drug-likeness (QED) is 0.457. The predicted octanol–water partition coefficient (Wildman–Crippen LogP) is 3.33. The first-order valence-electron chi connectivity index (χ1n) is 10.3. The fourth-order valence-corrected chi connectivity index (χ4v) is 3.58. The minimum atomic E-state index is 0.380. The highest BCUT2D eigenvalue weighted by Gasteiger charge is 2.16. The van der Waals surface area contributed by atoms with Crippen molar-refractivity contribution in [1.29, 1.82) is 0 Å². The van der Waals surface area contributed by atoms with E-state index in [0.29, 0.717) is 30.0 Å². The molecule has 0 saturated carbocycles. The fraction of sp³-hybridized carbons (Fsp3) is 0.667. The van der Waals surface area contributed by atoms with Crippen molar-refractivity contribution >= 4 is 17.6 Å². The Bertz CT molecular complexity index is 635. The lowest BCUT2D eigenvalue weighted by Crippen LogP contribution is -2.43. The monoisotopic (exact) mass is 410 g/mol. The van der Waals surface area contributed by atoms with E-state index in [2.05, 4.69) is 41.3 Å². The lowest BCUT2D eigenvalue weighted by molar-refractivity contribution is 0.171. The minimum absolute atomic E-state index is 0.380. The highest BCUT2D eigenvalue weighted by atomic mass is 35.5. The number of ether oxygens (including phenoxy) is 2. The molecule has 1 aromatic carbocycles. The number of hydrogen-bond donors (Lipinski definition) is 2. The standard InChI is InChI=1S/C21H35ClN4O2/c1-5-26(6-2)11-7-8-16(3)25-21(23-4)24-10-9-17-14-18(22)20-19(15-17)27-12-13-28-20/h14-16H,5-13H2,1-4H3,(H2,23,24,25). The summed E-state index contributed by atoms with van der Waals surface area (Å²) in [5.74, 6) is 2.22. The summed E-state index contributed by atoms with van der Waals surface area (Å²) in [6.07, 6.45) is 3.13. The van der Waals surface area contributed by atoms with Crippen LogP contribution < -0.4 is 20.1 Å². The van der Waals surface area contributed by atoms with E-state index >= 15 is 0 Å². The van der Waals surface area contributed by atoms with E-state index in [-0.39, 0.29) is 0 Å². The summed E-state index contributed by atoms with van der Waals surface area (Å²) in [5.41, 5.74) is 1.12. The summed E-state index contributed by atoms with van der Waals surface area (Å²) in [6.45, 7) is 11.9. The summed E-state index contributed by atoms with van der Waals surface area (Å²) in [7, 11) is 1.80. The largest absolute Gasteiger partial charge is 0.486 e. The number of fused-ring (bicyclic) bond motifs is 1. The summed E-state index contributed by atoms with van der Waals surface area (Å²) in [4.78, 5) is 6.79. The van der Waals surface area contributed by atoms with E-state index in [4.69, 9.17) is 21.1 Å². The van der Waals surface area contributed by atoms with Crippen LogP contribution in [0, 0.1) is 0 Å². The molecule has 1 aliphatic heterocycles. The molecule has 6 nitrogen and oxygen atoms in total. The molecule has 7 heteroatoms. The van der Waals surface area contributed by atoms with E-state index in [1.165, 1.54) is 6.42 Å². The van der Waals surface area contributed by atoms with Crippen LogP contribution in [0.3, 0.4) is 0 Å². The van der Waals surface area contributed by atoms with Gasteiger partial charge in [-0.15, -0.1) is 0 Å². The molecule has 0 spiro atoms. The second-order valence-electron chi connectivity index (χ2n) is 7.07. The molecular formula is C21H35ClN4O2. The summed E-state index contributed by atoms with van der Waals surface area (Å²) in [5, 5.41) is 7.46. The van der Waals surface area contributed by atoms with Crippen LogP contribution in [0.25, 0.3) is 0 Å². The molecule has 0 aliphatic carbocycles. The second kappa shape index (κ2) is 12.0. The number of halogens is 1. The van der Waals surface area contributed by atoms with Crippen molar-refractivity contribution in [2.45, 2.75) is 46.1 Å². The molecule has 0 fully saturated rings. The molecule has 2 rings (SSSR count). The summed E-state index contributed by atoms with van der Waals surface area (Å²) < 4.78 is 11.2. The SMILES string of the molecule is CCN(CC)CCCC(C)NC(=NC)NCCc1cc(Cl)c2c(c1)OCCO2. The second-order valence-corrected chi connectivity index (χ2v) is 7.47. The Kier molecular flexibility index (Phi) is 9.71. The molecular weight excluding hydrogens is 376 g/mol. The summed E-state index contributed by atoms with van der Waals surface area (Å²) >= 11 is 6.31. The third-order valence-electron chi connectivity index (χ3n) is 4.98. The van der Waals surface area contributed by atoms with Gasteiger partial charge in [0.1, 0.15) is 13.2 Å². The number of guanidine groups is 1. The first-order chi connectivity index (χ1) is 13.6. The van der Waals surface area contributed by atoms with Gasteiger partial charge in [0.25, 0.3) is 0 Å². The zero-order chi connectivity index (χ0) is 20.4. The molecule has 158 valence electrons. The lowest BCUT2D eigenvalue weighted by atomic mass is 10.1. The van der Waals surface area contributed by atoms with Crippen LogP contribution in [0.15, 0.2) is 17.1 Å². The molecule has 28 heavy (non-hydrogen) atoms. The fourth-order valence-electron chi connectivity index (χ4n) is 3.29. The Morgan fingerprint density at radius 2 is 2.00 bits per heavy atom. The van der Waals surface area contributed by atoms with Crippen LogP contribution in [0.1, 0.15) is 39.2 Å². The zero-order valence-electron chi connectivity index (χ0n) is 17.7. The molecule has 2 N–H and O–H groups in total. The third kappa shape index (κ3) is 7.06. The number of nitrogens with one attached hydrogen (secondary N) is 2. The van der Waals surface area contributed by atoms with Gasteiger partial charge >= 0.3 is 0 Å². The van der Waals surface area contributed by atoms with Gasteiger partial charge in [-0.1, -0.05) is 25.4 Å². The van der Waals surface area contributed by atoms with Crippen molar-refractivity contribution in [3.63, 3.8) is 0 Å². The average Bonchev–Trinajstić information content (AvgIpc) is 2.70. The molecule has 0 bridgehead atoms. The molecule has 0 aromatic heterocycles. The smallest absolute Gasteiger partial charge is 0.191 e. The summed E-state index contributed by atoms with van der Waals surface area (Å²) in [6, 6.07) is 4.34. The van der Waals surface area contributed by atoms with E-state index in [0.717, 1.165) is 56.3 Å². The van der Waals surface area contributed by atoms with Crippen LogP contribution in [0.2, 0.25) is 5.02 Å². The molecule has 1 unspecified atom stereocenters. The van der Waals surface area contributed by atoms with Gasteiger partial charge in [0.15, 0.2) is 17.5 Å². The van der Waals surface area contributed by atoms with Gasteiger partial charge in [-0.3, -0.25) is 4.99 Å². The van der Waals surface area contributed by atoms with Crippen LogP contribution in [-0.2, 0) is 6.42 Å². The van der Waals surface area contributed by atoms with Gasteiger partial charge in [-0.25, -0.2) is 0 Å². The van der Waals surface area contributed by atoms with E-state index in [1.54, 1.807) is 7.05 Å². The maximum Gasteiger partial charge on any atom is 0.191 e. The normalized spacial score (nSPS) is 14.9. The molecule has 0 radical (unpaired) electrons. The van der Waals surface area contributed by atoms with Crippen molar-refractivity contribution in [3.8, 4) is 11.5 Å². The predicted molar refractivity (Wildman–Crippen MR) is 117 cm³/mol. The van der Waals surface area contributed by atoms with E-state index in [1.807, 2.05) is 12.1 Å². The Labute approximate surface area is 174 Å². The van der Waals surface area contributed by atoms with Crippen LogP contribution in [-0.4, -0.2) is 63.3 Å². The van der Waals surface area contributed by atoms with Gasteiger partial charge in [0.2, 0.25) is 0 Å². The highest BCUT2D eigenvalue weighted by Crippen LogP contribution is 2.38. The van der Waals surface area contributed by atoms with Gasteiger partial charge in [0.05, 0.1) is 5.02 Å². The van der Waals surface area contributed by atoms with Crippen LogP contribution >= 0.6 is 11.6 Å². The number of rotatable bonds is 10. The van der Waals surface area contributed by atoms with Crippen LogP contribution in [0.4, 0.5) is 0 Å². The Balaban J connectivity index is 1.74. The average molecular weight is 411 g/mol. The van der Waals surface area contributed by atoms with Gasteiger partial charge in [-0.05, 0) is 63.5 Å². The molecule has 1 aromatic rings. The van der Waals surface area contributed by atoms with Crippen LogP contribution in [0.5, 0.6) is 11.5 Å². The molecule has 1 aliphatic rings. The molecule has 0 saturated heterocycles. The number of hydrogen-bond acceptors (Lipinski definition) is 4. The first kappa shape index (κ1) is 22.6. The van der Waals surface area contributed by atoms with Gasteiger partial charge < -0.3 is 25.0 Å². The Hall–Kier alpha value is -1.66. The maximum absolute atomic E-state index is 6.31. The molecule has 1 heterocycles. The van der Waals surface area contributed by atoms with Crippen molar-refractivity contribution < 1.29 is 9.47 Å². The third-order valence-corrected chi connectivity index (χ3v) is 5.26. The van der Waals surface area contributed by atoms with Gasteiger partial charge in [-0.2, -0.15) is 0 Å². The lowest BCUT2D eigenvalue weighted by Gasteiger charge is -2.21.